The molecular formula is C15H25NO4. The van der Waals surface area contributed by atoms with E-state index in [1.165, 1.54) is 0 Å². The zero-order valence-corrected chi connectivity index (χ0v) is 12.8. The van der Waals surface area contributed by atoms with Crippen LogP contribution in [-0.4, -0.2) is 41.1 Å². The van der Waals surface area contributed by atoms with Crippen molar-refractivity contribution in [1.29, 1.82) is 0 Å². The fourth-order valence-electron chi connectivity index (χ4n) is 1.86. The maximum absolute atomic E-state index is 5.78. The van der Waals surface area contributed by atoms with Gasteiger partial charge in [-0.25, -0.2) is 0 Å². The average molecular weight is 283 g/mol. The summed E-state index contributed by atoms with van der Waals surface area (Å²) in [5, 5.41) is 3.10. The van der Waals surface area contributed by atoms with Crippen LogP contribution in [0.2, 0.25) is 0 Å². The van der Waals surface area contributed by atoms with Gasteiger partial charge in [-0.2, -0.15) is 0 Å². The van der Waals surface area contributed by atoms with E-state index in [-0.39, 0.29) is 0 Å². The molecule has 0 fully saturated rings. The Morgan fingerprint density at radius 1 is 1.05 bits per heavy atom. The second-order valence-corrected chi connectivity index (χ2v) is 4.26. The Morgan fingerprint density at radius 3 is 2.20 bits per heavy atom. The fourth-order valence-corrected chi connectivity index (χ4v) is 1.86. The predicted molar refractivity (Wildman–Crippen MR) is 78.9 cm³/mol. The third kappa shape index (κ3) is 4.90. The molecule has 0 unspecified atom stereocenters. The van der Waals surface area contributed by atoms with Crippen LogP contribution in [0.4, 0.5) is 0 Å². The molecule has 0 aliphatic rings. The van der Waals surface area contributed by atoms with Gasteiger partial charge in [0.25, 0.3) is 0 Å². The molecule has 0 radical (unpaired) electrons. The van der Waals surface area contributed by atoms with Crippen LogP contribution < -0.4 is 19.5 Å². The number of ether oxygens (including phenoxy) is 4. The first-order valence-electron chi connectivity index (χ1n) is 6.86. The van der Waals surface area contributed by atoms with Crippen LogP contribution in [0.5, 0.6) is 17.2 Å². The van der Waals surface area contributed by atoms with Crippen molar-refractivity contribution in [2.45, 2.75) is 19.9 Å². The summed E-state index contributed by atoms with van der Waals surface area (Å²) in [4.78, 5) is 0. The van der Waals surface area contributed by atoms with E-state index in [2.05, 4.69) is 5.32 Å². The number of nitrogens with one attached hydrogen (secondary N) is 1. The molecule has 0 aliphatic carbocycles. The van der Waals surface area contributed by atoms with Gasteiger partial charge in [-0.3, -0.25) is 0 Å². The highest BCUT2D eigenvalue weighted by atomic mass is 16.5. The molecule has 0 atom stereocenters. The maximum Gasteiger partial charge on any atom is 0.203 e. The predicted octanol–water partition coefficient (Wildman–Crippen LogP) is 2.23. The summed E-state index contributed by atoms with van der Waals surface area (Å²) in [7, 11) is 5.16. The van der Waals surface area contributed by atoms with Crippen LogP contribution in [0.15, 0.2) is 12.1 Å². The van der Waals surface area contributed by atoms with Crippen molar-refractivity contribution >= 4 is 0 Å². The van der Waals surface area contributed by atoms with Crippen molar-refractivity contribution in [1.82, 2.24) is 5.32 Å². The summed E-state index contributed by atoms with van der Waals surface area (Å²) in [6, 6.07) is 3.91. The van der Waals surface area contributed by atoms with Crippen molar-refractivity contribution in [3.05, 3.63) is 17.7 Å². The zero-order valence-electron chi connectivity index (χ0n) is 12.8. The molecule has 0 aromatic heterocycles. The van der Waals surface area contributed by atoms with E-state index in [1.807, 2.05) is 26.1 Å². The fraction of sp³-hybridized carbons (Fsp3) is 0.600. The van der Waals surface area contributed by atoms with Gasteiger partial charge >= 0.3 is 0 Å². The highest BCUT2D eigenvalue weighted by Crippen LogP contribution is 2.38. The van der Waals surface area contributed by atoms with E-state index in [0.717, 1.165) is 25.1 Å². The van der Waals surface area contributed by atoms with E-state index < -0.39 is 0 Å². The Bertz CT molecular complexity index is 370. The van der Waals surface area contributed by atoms with Gasteiger partial charge in [0.15, 0.2) is 11.5 Å². The minimum absolute atomic E-state index is 0.568. The van der Waals surface area contributed by atoms with Gasteiger partial charge in [0.1, 0.15) is 0 Å². The van der Waals surface area contributed by atoms with Crippen molar-refractivity contribution < 1.29 is 18.9 Å². The molecule has 1 rings (SSSR count). The van der Waals surface area contributed by atoms with Crippen LogP contribution in [0.25, 0.3) is 0 Å². The summed E-state index contributed by atoms with van der Waals surface area (Å²) in [5.41, 5.74) is 1.09. The van der Waals surface area contributed by atoms with Crippen LogP contribution in [0, 0.1) is 0 Å². The van der Waals surface area contributed by atoms with Crippen LogP contribution in [0.3, 0.4) is 0 Å². The van der Waals surface area contributed by atoms with E-state index in [9.17, 15) is 0 Å². The first-order chi connectivity index (χ1) is 9.76. The highest BCUT2D eigenvalue weighted by Gasteiger charge is 2.13. The number of rotatable bonds is 10. The summed E-state index contributed by atoms with van der Waals surface area (Å²) in [6.07, 6.45) is 0.832. The molecule has 114 valence electrons. The lowest BCUT2D eigenvalue weighted by atomic mass is 10.2. The zero-order chi connectivity index (χ0) is 14.8. The van der Waals surface area contributed by atoms with Crippen molar-refractivity contribution in [2.75, 3.05) is 41.1 Å². The number of hydrogen-bond donors (Lipinski definition) is 1. The van der Waals surface area contributed by atoms with Gasteiger partial charge < -0.3 is 24.3 Å². The van der Waals surface area contributed by atoms with Crippen molar-refractivity contribution in [3.63, 3.8) is 0 Å². The summed E-state index contributed by atoms with van der Waals surface area (Å²) >= 11 is 0. The quantitative estimate of drug-likeness (QED) is 0.667. The Kier molecular flexibility index (Phi) is 7.84. The van der Waals surface area contributed by atoms with Crippen LogP contribution >= 0.6 is 0 Å². The number of methoxy groups -OCH3 is 2. The third-order valence-electron chi connectivity index (χ3n) is 2.78. The molecule has 0 amide bonds. The second-order valence-electron chi connectivity index (χ2n) is 4.26. The monoisotopic (exact) mass is 283 g/mol. The van der Waals surface area contributed by atoms with Gasteiger partial charge in [-0.05, 0) is 31.7 Å². The molecular weight excluding hydrogens is 258 g/mol. The number of hydrogen-bond acceptors (Lipinski definition) is 5. The van der Waals surface area contributed by atoms with Gasteiger partial charge in [0, 0.05) is 26.2 Å². The molecule has 0 heterocycles. The Morgan fingerprint density at radius 2 is 1.70 bits per heavy atom. The van der Waals surface area contributed by atoms with Gasteiger partial charge in [-0.15, -0.1) is 0 Å². The second kappa shape index (κ2) is 9.44. The molecule has 0 saturated heterocycles. The van der Waals surface area contributed by atoms with Crippen LogP contribution in [-0.2, 0) is 11.3 Å². The summed E-state index contributed by atoms with van der Waals surface area (Å²) < 4.78 is 21.8. The molecule has 1 N–H and O–H groups in total. The van der Waals surface area contributed by atoms with Gasteiger partial charge in [-0.1, -0.05) is 0 Å². The maximum atomic E-state index is 5.78. The molecule has 5 nitrogen and oxygen atoms in total. The van der Waals surface area contributed by atoms with Gasteiger partial charge in [0.05, 0.1) is 20.8 Å². The van der Waals surface area contributed by atoms with E-state index in [1.54, 1.807) is 14.2 Å². The lowest BCUT2D eigenvalue weighted by molar-refractivity contribution is 0.129. The molecule has 1 aromatic carbocycles. The molecule has 5 heteroatoms. The minimum Gasteiger partial charge on any atom is -0.493 e. The topological polar surface area (TPSA) is 49.0 Å². The molecule has 20 heavy (non-hydrogen) atoms. The minimum atomic E-state index is 0.568. The van der Waals surface area contributed by atoms with Crippen molar-refractivity contribution in [3.8, 4) is 17.2 Å². The average Bonchev–Trinajstić information content (AvgIpc) is 2.47. The number of benzene rings is 1. The van der Waals surface area contributed by atoms with E-state index in [0.29, 0.717) is 30.5 Å². The summed E-state index contributed by atoms with van der Waals surface area (Å²) in [6.45, 7) is 4.72. The smallest absolute Gasteiger partial charge is 0.203 e. The molecule has 1 aromatic rings. The van der Waals surface area contributed by atoms with E-state index in [4.69, 9.17) is 18.9 Å². The lowest BCUT2D eigenvalue weighted by Gasteiger charge is -2.16. The Hall–Kier alpha value is -1.46. The first kappa shape index (κ1) is 16.6. The van der Waals surface area contributed by atoms with Crippen molar-refractivity contribution in [2.24, 2.45) is 0 Å². The SMILES string of the molecule is CCOCCCOc1c(OC)cc(CNC)cc1OC. The van der Waals surface area contributed by atoms with E-state index >= 15 is 0 Å². The molecule has 0 spiro atoms. The molecule has 0 aliphatic heterocycles. The van der Waals surface area contributed by atoms with Crippen LogP contribution in [0.1, 0.15) is 18.9 Å². The summed E-state index contributed by atoms with van der Waals surface area (Å²) in [5.74, 6) is 2.02. The molecule has 0 saturated carbocycles. The largest absolute Gasteiger partial charge is 0.493 e. The van der Waals surface area contributed by atoms with Gasteiger partial charge in [0.2, 0.25) is 5.75 Å². The molecule has 0 bridgehead atoms. The Balaban J connectivity index is 2.76. The standard InChI is InChI=1S/C15H25NO4/c1-5-19-7-6-8-20-15-13(17-3)9-12(11-16-2)10-14(15)18-4/h9-10,16H,5-8,11H2,1-4H3. The normalized spacial score (nSPS) is 10.4. The third-order valence-corrected chi connectivity index (χ3v) is 2.78. The lowest BCUT2D eigenvalue weighted by Crippen LogP contribution is -2.08. The Labute approximate surface area is 121 Å². The highest BCUT2D eigenvalue weighted by molar-refractivity contribution is 5.53. The first-order valence-corrected chi connectivity index (χ1v) is 6.86.